The van der Waals surface area contributed by atoms with Gasteiger partial charge in [-0.2, -0.15) is 0 Å². The minimum absolute atomic E-state index is 0.291. The molecule has 0 bridgehead atoms. The van der Waals surface area contributed by atoms with E-state index in [0.717, 1.165) is 37.2 Å². The number of aromatic nitrogens is 1. The monoisotopic (exact) mass is 438 g/mol. The van der Waals surface area contributed by atoms with Gasteiger partial charge in [-0.3, -0.25) is 9.88 Å². The van der Waals surface area contributed by atoms with E-state index >= 15 is 0 Å². The Bertz CT molecular complexity index is 846. The van der Waals surface area contributed by atoms with Crippen molar-refractivity contribution in [1.82, 2.24) is 14.8 Å². The van der Waals surface area contributed by atoms with Crippen molar-refractivity contribution in [1.29, 1.82) is 0 Å². The maximum Gasteiger partial charge on any atom is 0.410 e. The second kappa shape index (κ2) is 11.4. The van der Waals surface area contributed by atoms with E-state index in [1.165, 1.54) is 18.4 Å². The van der Waals surface area contributed by atoms with Gasteiger partial charge in [-0.05, 0) is 76.3 Å². The molecule has 1 aromatic carbocycles. The van der Waals surface area contributed by atoms with Crippen LogP contribution in [0.1, 0.15) is 63.3 Å². The number of nitrogens with two attached hydrogens (primary N) is 1. The molecule has 0 radical (unpaired) electrons. The van der Waals surface area contributed by atoms with E-state index in [9.17, 15) is 4.79 Å². The molecule has 1 saturated carbocycles. The Kier molecular flexibility index (Phi) is 8.65. The lowest BCUT2D eigenvalue weighted by Crippen LogP contribution is -2.37. The molecule has 1 amide bonds. The molecule has 0 unspecified atom stereocenters. The first-order chi connectivity index (χ1) is 15.3. The fourth-order valence-corrected chi connectivity index (χ4v) is 3.76. The highest BCUT2D eigenvalue weighted by Gasteiger charge is 2.28. The van der Waals surface area contributed by atoms with E-state index in [1.807, 2.05) is 32.9 Å². The van der Waals surface area contributed by atoms with Crippen molar-refractivity contribution in [3.05, 3.63) is 65.5 Å². The van der Waals surface area contributed by atoms with Crippen LogP contribution in [0.3, 0.4) is 0 Å². The van der Waals surface area contributed by atoms with E-state index in [-0.39, 0.29) is 6.09 Å². The van der Waals surface area contributed by atoms with Crippen LogP contribution in [0.15, 0.2) is 48.7 Å². The summed E-state index contributed by atoms with van der Waals surface area (Å²) in [4.78, 5) is 21.6. The summed E-state index contributed by atoms with van der Waals surface area (Å²) in [5.41, 5.74) is 8.45. The van der Waals surface area contributed by atoms with Crippen LogP contribution in [0.2, 0.25) is 0 Å². The van der Waals surface area contributed by atoms with Crippen molar-refractivity contribution in [2.24, 2.45) is 5.73 Å². The molecule has 3 rings (SSSR count). The molecular weight excluding hydrogens is 400 g/mol. The minimum Gasteiger partial charge on any atom is -0.444 e. The van der Waals surface area contributed by atoms with Gasteiger partial charge >= 0.3 is 6.09 Å². The van der Waals surface area contributed by atoms with Gasteiger partial charge in [-0.25, -0.2) is 4.79 Å². The summed E-state index contributed by atoms with van der Waals surface area (Å²) in [7, 11) is 0. The van der Waals surface area contributed by atoms with E-state index in [1.54, 1.807) is 11.1 Å². The van der Waals surface area contributed by atoms with Gasteiger partial charge in [-0.15, -0.1) is 0 Å². The van der Waals surface area contributed by atoms with Gasteiger partial charge in [0.15, 0.2) is 0 Å². The molecule has 2 N–H and O–H groups in total. The quantitative estimate of drug-likeness (QED) is 0.514. The van der Waals surface area contributed by atoms with Crippen molar-refractivity contribution in [3.8, 4) is 0 Å². The molecular formula is C26H38N4O2. The Morgan fingerprint density at radius 2 is 1.78 bits per heavy atom. The third kappa shape index (κ3) is 8.24. The van der Waals surface area contributed by atoms with E-state index < -0.39 is 5.60 Å². The molecule has 2 aromatic rings. The Balaban J connectivity index is 1.55. The first kappa shape index (κ1) is 24.2. The lowest BCUT2D eigenvalue weighted by Gasteiger charge is -2.28. The number of amides is 1. The number of ether oxygens (including phenoxy) is 1. The van der Waals surface area contributed by atoms with Crippen LogP contribution in [0.25, 0.3) is 0 Å². The Morgan fingerprint density at radius 1 is 1.06 bits per heavy atom. The highest BCUT2D eigenvalue weighted by Crippen LogP contribution is 2.28. The fraction of sp³-hybridized carbons (Fsp3) is 0.538. The number of unbranched alkanes of at least 4 members (excludes halogenated alkanes) is 1. The van der Waals surface area contributed by atoms with Crippen molar-refractivity contribution in [2.75, 3.05) is 13.1 Å². The van der Waals surface area contributed by atoms with Crippen molar-refractivity contribution < 1.29 is 9.53 Å². The highest BCUT2D eigenvalue weighted by atomic mass is 16.6. The number of benzene rings is 1. The summed E-state index contributed by atoms with van der Waals surface area (Å²) in [5, 5.41) is 0. The van der Waals surface area contributed by atoms with E-state index in [0.29, 0.717) is 25.7 Å². The summed E-state index contributed by atoms with van der Waals surface area (Å²) in [6.45, 7) is 9.26. The Morgan fingerprint density at radius 3 is 2.44 bits per heavy atom. The average Bonchev–Trinajstić information content (AvgIpc) is 3.60. The highest BCUT2D eigenvalue weighted by molar-refractivity contribution is 5.68. The molecule has 0 spiro atoms. The first-order valence-electron chi connectivity index (χ1n) is 11.7. The average molecular weight is 439 g/mol. The summed E-state index contributed by atoms with van der Waals surface area (Å²) >= 11 is 0. The second-order valence-corrected chi connectivity index (χ2v) is 9.66. The number of hydrogen-bond donors (Lipinski definition) is 1. The van der Waals surface area contributed by atoms with Crippen LogP contribution < -0.4 is 5.73 Å². The molecule has 32 heavy (non-hydrogen) atoms. The zero-order valence-electron chi connectivity index (χ0n) is 19.8. The number of carbonyl (C=O) groups is 1. The molecule has 174 valence electrons. The molecule has 0 saturated heterocycles. The Hall–Kier alpha value is -2.44. The van der Waals surface area contributed by atoms with E-state index in [4.69, 9.17) is 10.5 Å². The maximum absolute atomic E-state index is 12.8. The van der Waals surface area contributed by atoms with Gasteiger partial charge in [0.2, 0.25) is 0 Å². The number of carbonyl (C=O) groups excluding carboxylic acids is 1. The summed E-state index contributed by atoms with van der Waals surface area (Å²) in [6.07, 6.45) is 6.01. The van der Waals surface area contributed by atoms with Crippen LogP contribution in [-0.4, -0.2) is 45.6 Å². The third-order valence-corrected chi connectivity index (χ3v) is 5.54. The predicted octanol–water partition coefficient (Wildman–Crippen LogP) is 4.72. The van der Waals surface area contributed by atoms with Gasteiger partial charge in [0.1, 0.15) is 5.60 Å². The van der Waals surface area contributed by atoms with Crippen molar-refractivity contribution in [3.63, 3.8) is 0 Å². The zero-order valence-corrected chi connectivity index (χ0v) is 19.8. The molecule has 0 atom stereocenters. The molecule has 6 nitrogen and oxygen atoms in total. The third-order valence-electron chi connectivity index (χ3n) is 5.54. The molecule has 0 aliphatic heterocycles. The standard InChI is InChI=1S/C26H38N4O2/c1-26(2,3)32-25(31)30(20-23-17-22(18-27)13-14-28-23)16-8-7-15-29(24-11-12-24)19-21-9-5-4-6-10-21/h4-6,9-10,13-14,17,24H,7-8,11-12,15-16,18-20,27H2,1-3H3. The summed E-state index contributed by atoms with van der Waals surface area (Å²) in [5.74, 6) is 0. The van der Waals surface area contributed by atoms with Crippen molar-refractivity contribution >= 4 is 6.09 Å². The lowest BCUT2D eigenvalue weighted by atomic mass is 10.2. The number of rotatable bonds is 11. The molecule has 1 aliphatic rings. The molecule has 1 aromatic heterocycles. The van der Waals surface area contributed by atoms with Crippen LogP contribution >= 0.6 is 0 Å². The number of nitrogens with zero attached hydrogens (tertiary/aromatic N) is 3. The van der Waals surface area contributed by atoms with Gasteiger partial charge in [-0.1, -0.05) is 30.3 Å². The molecule has 6 heteroatoms. The van der Waals surface area contributed by atoms with Gasteiger partial charge in [0, 0.05) is 31.9 Å². The molecule has 1 aliphatic carbocycles. The summed E-state index contributed by atoms with van der Waals surface area (Å²) < 4.78 is 5.66. The van der Waals surface area contributed by atoms with E-state index in [2.05, 4.69) is 40.2 Å². The molecule has 1 fully saturated rings. The van der Waals surface area contributed by atoms with Gasteiger partial charge in [0.25, 0.3) is 0 Å². The minimum atomic E-state index is -0.527. The largest absolute Gasteiger partial charge is 0.444 e. The zero-order chi connectivity index (χ0) is 23.0. The second-order valence-electron chi connectivity index (χ2n) is 9.66. The van der Waals surface area contributed by atoms with Crippen LogP contribution in [0, 0.1) is 0 Å². The topological polar surface area (TPSA) is 71.7 Å². The van der Waals surface area contributed by atoms with Crippen LogP contribution in [0.4, 0.5) is 4.79 Å². The number of hydrogen-bond acceptors (Lipinski definition) is 5. The Labute approximate surface area is 192 Å². The lowest BCUT2D eigenvalue weighted by molar-refractivity contribution is 0.0226. The van der Waals surface area contributed by atoms with Crippen molar-refractivity contribution in [2.45, 2.75) is 77.7 Å². The van der Waals surface area contributed by atoms with Gasteiger partial charge in [0.05, 0.1) is 12.2 Å². The normalized spacial score (nSPS) is 13.9. The maximum atomic E-state index is 12.8. The smallest absolute Gasteiger partial charge is 0.410 e. The number of pyridine rings is 1. The predicted molar refractivity (Wildman–Crippen MR) is 128 cm³/mol. The fourth-order valence-electron chi connectivity index (χ4n) is 3.76. The summed E-state index contributed by atoms with van der Waals surface area (Å²) in [6, 6.07) is 15.2. The molecule has 1 heterocycles. The SMILES string of the molecule is CC(C)(C)OC(=O)N(CCCCN(Cc1ccccc1)C1CC1)Cc1cc(CN)ccn1. The van der Waals surface area contributed by atoms with Crippen LogP contribution in [0.5, 0.6) is 0 Å². The van der Waals surface area contributed by atoms with Gasteiger partial charge < -0.3 is 15.4 Å². The van der Waals surface area contributed by atoms with Crippen LogP contribution in [-0.2, 0) is 24.4 Å². The first-order valence-corrected chi connectivity index (χ1v) is 11.7.